The number of hydrogen-bond acceptors (Lipinski definition) is 4. The molecule has 1 aromatic heterocycles. The van der Waals surface area contributed by atoms with Gasteiger partial charge >= 0.3 is 0 Å². The molecule has 0 radical (unpaired) electrons. The maximum atomic E-state index is 5.62. The number of fused-ring (bicyclic) bond motifs is 1. The fourth-order valence-corrected chi connectivity index (χ4v) is 2.10. The summed E-state index contributed by atoms with van der Waals surface area (Å²) in [5.74, 6) is 1.09. The van der Waals surface area contributed by atoms with Crippen molar-refractivity contribution >= 4 is 11.9 Å². The van der Waals surface area contributed by atoms with Gasteiger partial charge in [0.15, 0.2) is 0 Å². The summed E-state index contributed by atoms with van der Waals surface area (Å²) >= 11 is 0. The molecule has 16 heavy (non-hydrogen) atoms. The van der Waals surface area contributed by atoms with E-state index in [1.807, 2.05) is 22.9 Å². The van der Waals surface area contributed by atoms with Gasteiger partial charge in [0.05, 0.1) is 6.04 Å². The van der Waals surface area contributed by atoms with Crippen molar-refractivity contribution in [2.75, 3.05) is 17.6 Å². The molecule has 0 saturated heterocycles. The van der Waals surface area contributed by atoms with Gasteiger partial charge in [0, 0.05) is 6.54 Å². The second kappa shape index (κ2) is 3.52. The zero-order valence-electron chi connectivity index (χ0n) is 8.80. The van der Waals surface area contributed by atoms with Crippen LogP contribution in [0.4, 0.5) is 11.9 Å². The van der Waals surface area contributed by atoms with Crippen molar-refractivity contribution in [1.82, 2.24) is 14.8 Å². The van der Waals surface area contributed by atoms with E-state index in [-0.39, 0.29) is 6.04 Å². The number of nitrogens with one attached hydrogen (secondary N) is 1. The van der Waals surface area contributed by atoms with E-state index >= 15 is 0 Å². The lowest BCUT2D eigenvalue weighted by atomic mass is 10.0. The molecule has 3 rings (SSSR count). The Morgan fingerprint density at radius 2 is 2.12 bits per heavy atom. The van der Waals surface area contributed by atoms with Gasteiger partial charge in [-0.15, -0.1) is 5.10 Å². The minimum atomic E-state index is 0.238. The third-order valence-corrected chi connectivity index (χ3v) is 2.83. The van der Waals surface area contributed by atoms with E-state index in [1.54, 1.807) is 0 Å². The summed E-state index contributed by atoms with van der Waals surface area (Å²) in [5.41, 5.74) is 6.86. The molecule has 5 nitrogen and oxygen atoms in total. The molecule has 1 aliphatic rings. The highest BCUT2D eigenvalue weighted by Crippen LogP contribution is 2.28. The van der Waals surface area contributed by atoms with Crippen LogP contribution < -0.4 is 11.1 Å². The molecule has 2 heterocycles. The van der Waals surface area contributed by atoms with Crippen molar-refractivity contribution in [3.63, 3.8) is 0 Å². The quantitative estimate of drug-likeness (QED) is 0.751. The van der Waals surface area contributed by atoms with Crippen LogP contribution in [-0.2, 0) is 0 Å². The van der Waals surface area contributed by atoms with Crippen LogP contribution in [0.5, 0.6) is 0 Å². The zero-order valence-corrected chi connectivity index (χ0v) is 8.80. The van der Waals surface area contributed by atoms with Crippen molar-refractivity contribution in [3.05, 3.63) is 35.9 Å². The second-order valence-corrected chi connectivity index (χ2v) is 3.88. The molecule has 2 aromatic rings. The predicted molar refractivity (Wildman–Crippen MR) is 62.1 cm³/mol. The molecule has 0 aliphatic carbocycles. The van der Waals surface area contributed by atoms with Gasteiger partial charge < -0.3 is 11.1 Å². The Labute approximate surface area is 93.3 Å². The lowest BCUT2D eigenvalue weighted by molar-refractivity contribution is 0.481. The van der Waals surface area contributed by atoms with Gasteiger partial charge in [-0.1, -0.05) is 30.3 Å². The molecule has 1 aromatic carbocycles. The molecule has 0 spiro atoms. The number of benzene rings is 1. The maximum Gasteiger partial charge on any atom is 0.241 e. The van der Waals surface area contributed by atoms with E-state index in [0.717, 1.165) is 18.9 Å². The van der Waals surface area contributed by atoms with Gasteiger partial charge in [0.1, 0.15) is 0 Å². The van der Waals surface area contributed by atoms with Crippen molar-refractivity contribution < 1.29 is 0 Å². The van der Waals surface area contributed by atoms with E-state index in [4.69, 9.17) is 5.73 Å². The molecule has 82 valence electrons. The first-order chi connectivity index (χ1) is 7.84. The first-order valence-electron chi connectivity index (χ1n) is 5.35. The van der Waals surface area contributed by atoms with Gasteiger partial charge in [-0.2, -0.15) is 4.98 Å². The minimum Gasteiger partial charge on any atom is -0.366 e. The van der Waals surface area contributed by atoms with E-state index in [1.165, 1.54) is 5.56 Å². The number of nitrogens with zero attached hydrogens (tertiary/aromatic N) is 3. The lowest BCUT2D eigenvalue weighted by Gasteiger charge is -2.24. The standard InChI is InChI=1S/C11H13N5/c12-10-14-11-13-7-6-9(16(11)15-10)8-4-2-1-3-5-8/h1-5,9H,6-7H2,(H3,12,13,14,15). The first kappa shape index (κ1) is 9.21. The fourth-order valence-electron chi connectivity index (χ4n) is 2.10. The fraction of sp³-hybridized carbons (Fsp3) is 0.273. The summed E-state index contributed by atoms with van der Waals surface area (Å²) in [6, 6.07) is 10.5. The normalized spacial score (nSPS) is 18.9. The van der Waals surface area contributed by atoms with Gasteiger partial charge in [0.25, 0.3) is 0 Å². The molecule has 0 saturated carbocycles. The summed E-state index contributed by atoms with van der Waals surface area (Å²) in [5, 5.41) is 7.42. The van der Waals surface area contributed by atoms with E-state index in [0.29, 0.717) is 5.95 Å². The molecule has 1 aliphatic heterocycles. The van der Waals surface area contributed by atoms with Gasteiger partial charge in [-0.05, 0) is 12.0 Å². The number of nitrogens with two attached hydrogens (primary N) is 1. The lowest BCUT2D eigenvalue weighted by Crippen LogP contribution is -2.24. The highest BCUT2D eigenvalue weighted by molar-refractivity contribution is 5.36. The topological polar surface area (TPSA) is 68.8 Å². The van der Waals surface area contributed by atoms with Gasteiger partial charge in [0.2, 0.25) is 11.9 Å². The molecular weight excluding hydrogens is 202 g/mol. The number of anilines is 2. The van der Waals surface area contributed by atoms with Crippen LogP contribution in [0.15, 0.2) is 30.3 Å². The van der Waals surface area contributed by atoms with Crippen LogP contribution in [0.1, 0.15) is 18.0 Å². The highest BCUT2D eigenvalue weighted by Gasteiger charge is 2.23. The van der Waals surface area contributed by atoms with Crippen LogP contribution in [0.25, 0.3) is 0 Å². The third kappa shape index (κ3) is 1.41. The molecule has 3 N–H and O–H groups in total. The van der Waals surface area contributed by atoms with Crippen molar-refractivity contribution in [2.24, 2.45) is 0 Å². The Bertz CT molecular complexity index is 490. The van der Waals surface area contributed by atoms with Crippen molar-refractivity contribution in [3.8, 4) is 0 Å². The second-order valence-electron chi connectivity index (χ2n) is 3.88. The Morgan fingerprint density at radius 1 is 1.31 bits per heavy atom. The van der Waals surface area contributed by atoms with Crippen LogP contribution in [0.3, 0.4) is 0 Å². The number of hydrogen-bond donors (Lipinski definition) is 2. The SMILES string of the molecule is Nc1nc2n(n1)C(c1ccccc1)CCN2. The van der Waals surface area contributed by atoms with Crippen LogP contribution in [-0.4, -0.2) is 21.3 Å². The third-order valence-electron chi connectivity index (χ3n) is 2.83. The Balaban J connectivity index is 2.05. The van der Waals surface area contributed by atoms with Gasteiger partial charge in [-0.25, -0.2) is 4.68 Å². The molecule has 1 unspecified atom stereocenters. The molecule has 0 amide bonds. The zero-order chi connectivity index (χ0) is 11.0. The minimum absolute atomic E-state index is 0.238. The number of rotatable bonds is 1. The Kier molecular flexibility index (Phi) is 2.02. The van der Waals surface area contributed by atoms with Crippen molar-refractivity contribution in [2.45, 2.75) is 12.5 Å². The summed E-state index contributed by atoms with van der Waals surface area (Å²) in [4.78, 5) is 4.15. The average Bonchev–Trinajstić information content (AvgIpc) is 2.70. The molecule has 5 heteroatoms. The average molecular weight is 215 g/mol. The summed E-state index contributed by atoms with van der Waals surface area (Å²) < 4.78 is 1.87. The largest absolute Gasteiger partial charge is 0.366 e. The van der Waals surface area contributed by atoms with Gasteiger partial charge in [-0.3, -0.25) is 0 Å². The Hall–Kier alpha value is -2.04. The number of aromatic nitrogens is 3. The highest BCUT2D eigenvalue weighted by atomic mass is 15.4. The maximum absolute atomic E-state index is 5.62. The van der Waals surface area contributed by atoms with E-state index < -0.39 is 0 Å². The van der Waals surface area contributed by atoms with Crippen LogP contribution in [0.2, 0.25) is 0 Å². The summed E-state index contributed by atoms with van der Waals surface area (Å²) in [6.07, 6.45) is 1.000. The molecule has 1 atom stereocenters. The van der Waals surface area contributed by atoms with Crippen molar-refractivity contribution in [1.29, 1.82) is 0 Å². The molecule has 0 fully saturated rings. The first-order valence-corrected chi connectivity index (χ1v) is 5.35. The van der Waals surface area contributed by atoms with E-state index in [9.17, 15) is 0 Å². The Morgan fingerprint density at radius 3 is 2.94 bits per heavy atom. The predicted octanol–water partition coefficient (Wildman–Crippen LogP) is 1.27. The molecule has 0 bridgehead atoms. The molecular formula is C11H13N5. The monoisotopic (exact) mass is 215 g/mol. The smallest absolute Gasteiger partial charge is 0.241 e. The number of nitrogen functional groups attached to an aromatic ring is 1. The van der Waals surface area contributed by atoms with E-state index in [2.05, 4.69) is 27.5 Å². The summed E-state index contributed by atoms with van der Waals surface area (Å²) in [7, 11) is 0. The van der Waals surface area contributed by atoms with Crippen LogP contribution >= 0.6 is 0 Å². The van der Waals surface area contributed by atoms with Crippen LogP contribution in [0, 0.1) is 0 Å². The summed E-state index contributed by atoms with van der Waals surface area (Å²) in [6.45, 7) is 0.900.